The zero-order valence-corrected chi connectivity index (χ0v) is 17.2. The van der Waals surface area contributed by atoms with E-state index in [0.717, 1.165) is 36.9 Å². The maximum absolute atomic E-state index is 13.2. The highest BCUT2D eigenvalue weighted by Gasteiger charge is 2.32. The lowest BCUT2D eigenvalue weighted by atomic mass is 9.92. The fourth-order valence-corrected chi connectivity index (χ4v) is 4.17. The quantitative estimate of drug-likeness (QED) is 0.574. The molecule has 2 aromatic carbocycles. The van der Waals surface area contributed by atoms with Gasteiger partial charge < -0.3 is 9.42 Å². The van der Waals surface area contributed by atoms with Crippen molar-refractivity contribution in [2.24, 2.45) is 0 Å². The van der Waals surface area contributed by atoms with Crippen LogP contribution in [0.5, 0.6) is 0 Å². The van der Waals surface area contributed by atoms with Crippen LogP contribution in [0.1, 0.15) is 49.5 Å². The molecule has 1 aliphatic rings. The largest absolute Gasteiger partial charge is 0.341 e. The van der Waals surface area contributed by atoms with Crippen LogP contribution in [0.15, 0.2) is 59.1 Å². The monoisotopic (exact) mass is 409 g/mol. The number of likely N-dealkylation sites (tertiary alicyclic amines) is 1. The van der Waals surface area contributed by atoms with E-state index < -0.39 is 0 Å². The van der Waals surface area contributed by atoms with Crippen LogP contribution in [-0.4, -0.2) is 34.0 Å². The molecule has 1 amide bonds. The highest BCUT2D eigenvalue weighted by atomic mass is 35.5. The van der Waals surface area contributed by atoms with Crippen LogP contribution in [0, 0.1) is 0 Å². The van der Waals surface area contributed by atoms with E-state index in [1.165, 1.54) is 0 Å². The normalized spacial score (nSPS) is 17.9. The van der Waals surface area contributed by atoms with E-state index in [-0.39, 0.29) is 17.7 Å². The van der Waals surface area contributed by atoms with Gasteiger partial charge in [0, 0.05) is 23.7 Å². The number of piperidine rings is 1. The minimum atomic E-state index is -0.111. The van der Waals surface area contributed by atoms with Crippen molar-refractivity contribution in [3.05, 3.63) is 71.1 Å². The van der Waals surface area contributed by atoms with Gasteiger partial charge in [-0.25, -0.2) is 0 Å². The third-order valence-corrected chi connectivity index (χ3v) is 5.75. The van der Waals surface area contributed by atoms with E-state index in [1.807, 2.05) is 59.5 Å². The summed E-state index contributed by atoms with van der Waals surface area (Å²) in [5.74, 6) is 1.24. The molecule has 2 unspecified atom stereocenters. The molecule has 0 N–H and O–H groups in total. The second kappa shape index (κ2) is 8.78. The molecule has 0 aliphatic carbocycles. The molecule has 5 nitrogen and oxygen atoms in total. The smallest absolute Gasteiger partial charge is 0.231 e. The van der Waals surface area contributed by atoms with Crippen molar-refractivity contribution < 1.29 is 9.32 Å². The van der Waals surface area contributed by atoms with Gasteiger partial charge in [-0.05, 0) is 37.0 Å². The molecule has 6 heteroatoms. The number of aromatic nitrogens is 2. The van der Waals surface area contributed by atoms with Crippen LogP contribution in [0.4, 0.5) is 0 Å². The SMILES string of the molecule is CCC(C(=O)N1CCCC(c2nc(-c3cccc(Cl)c3)no2)C1)c1ccccc1. The Kier molecular flexibility index (Phi) is 5.95. The molecule has 29 heavy (non-hydrogen) atoms. The standard InChI is InChI=1S/C23H24ClN3O2/c1-2-20(16-8-4-3-5-9-16)23(28)27-13-7-11-18(15-27)22-25-21(26-29-22)17-10-6-12-19(24)14-17/h3-6,8-10,12,14,18,20H,2,7,11,13,15H2,1H3. The van der Waals surface area contributed by atoms with Crippen LogP contribution < -0.4 is 0 Å². The van der Waals surface area contributed by atoms with Gasteiger partial charge in [0.15, 0.2) is 0 Å². The van der Waals surface area contributed by atoms with Crippen LogP contribution in [0.3, 0.4) is 0 Å². The molecule has 150 valence electrons. The number of hydrogen-bond acceptors (Lipinski definition) is 4. The number of hydrogen-bond donors (Lipinski definition) is 0. The summed E-state index contributed by atoms with van der Waals surface area (Å²) >= 11 is 6.07. The predicted molar refractivity (Wildman–Crippen MR) is 113 cm³/mol. The first-order valence-electron chi connectivity index (χ1n) is 10.1. The van der Waals surface area contributed by atoms with Gasteiger partial charge in [0.05, 0.1) is 11.8 Å². The van der Waals surface area contributed by atoms with Gasteiger partial charge in [-0.3, -0.25) is 4.79 Å². The summed E-state index contributed by atoms with van der Waals surface area (Å²) in [5, 5.41) is 4.76. The maximum atomic E-state index is 13.2. The van der Waals surface area contributed by atoms with Crippen molar-refractivity contribution in [2.45, 2.75) is 38.0 Å². The number of nitrogens with zero attached hydrogens (tertiary/aromatic N) is 3. The summed E-state index contributed by atoms with van der Waals surface area (Å²) in [4.78, 5) is 19.8. The highest BCUT2D eigenvalue weighted by Crippen LogP contribution is 2.31. The van der Waals surface area contributed by atoms with Crippen LogP contribution in [0.2, 0.25) is 5.02 Å². The van der Waals surface area contributed by atoms with Crippen molar-refractivity contribution in [3.63, 3.8) is 0 Å². The average Bonchev–Trinajstić information content (AvgIpc) is 3.26. The van der Waals surface area contributed by atoms with Crippen molar-refractivity contribution in [2.75, 3.05) is 13.1 Å². The van der Waals surface area contributed by atoms with Gasteiger partial charge in [0.25, 0.3) is 0 Å². The fourth-order valence-electron chi connectivity index (χ4n) is 3.98. The molecule has 0 radical (unpaired) electrons. The first-order chi connectivity index (χ1) is 14.2. The highest BCUT2D eigenvalue weighted by molar-refractivity contribution is 6.30. The zero-order chi connectivity index (χ0) is 20.2. The van der Waals surface area contributed by atoms with Gasteiger partial charge in [-0.2, -0.15) is 4.98 Å². The summed E-state index contributed by atoms with van der Waals surface area (Å²) in [6.07, 6.45) is 2.64. The van der Waals surface area contributed by atoms with Gasteiger partial charge in [-0.15, -0.1) is 0 Å². The topological polar surface area (TPSA) is 59.2 Å². The third kappa shape index (κ3) is 4.35. The summed E-state index contributed by atoms with van der Waals surface area (Å²) in [5.41, 5.74) is 1.90. The lowest BCUT2D eigenvalue weighted by Crippen LogP contribution is -2.41. The first-order valence-corrected chi connectivity index (χ1v) is 10.5. The summed E-state index contributed by atoms with van der Waals surface area (Å²) < 4.78 is 5.56. The second-order valence-corrected chi connectivity index (χ2v) is 7.90. The summed E-state index contributed by atoms with van der Waals surface area (Å²) in [7, 11) is 0. The number of amides is 1. The molecule has 1 aliphatic heterocycles. The number of rotatable bonds is 5. The summed E-state index contributed by atoms with van der Waals surface area (Å²) in [6, 6.07) is 17.4. The molecule has 0 saturated carbocycles. The van der Waals surface area contributed by atoms with Crippen molar-refractivity contribution in [3.8, 4) is 11.4 Å². The fraction of sp³-hybridized carbons (Fsp3) is 0.348. The molecule has 2 heterocycles. The van der Waals surface area contributed by atoms with E-state index in [2.05, 4.69) is 17.1 Å². The molecule has 1 saturated heterocycles. The van der Waals surface area contributed by atoms with Crippen molar-refractivity contribution in [1.29, 1.82) is 0 Å². The zero-order valence-electron chi connectivity index (χ0n) is 16.4. The van der Waals surface area contributed by atoms with Gasteiger partial charge in [0.2, 0.25) is 17.6 Å². The number of benzene rings is 2. The lowest BCUT2D eigenvalue weighted by Gasteiger charge is -2.33. The third-order valence-electron chi connectivity index (χ3n) is 5.52. The number of carbonyl (C=O) groups excluding carboxylic acids is 1. The Labute approximate surface area is 175 Å². The summed E-state index contributed by atoms with van der Waals surface area (Å²) in [6.45, 7) is 3.44. The molecule has 0 bridgehead atoms. The van der Waals surface area contributed by atoms with Gasteiger partial charge >= 0.3 is 0 Å². The van der Waals surface area contributed by atoms with Crippen molar-refractivity contribution >= 4 is 17.5 Å². The minimum absolute atomic E-state index is 0.0569. The Morgan fingerprint density at radius 1 is 1.24 bits per heavy atom. The number of halogens is 1. The van der Waals surface area contributed by atoms with Crippen LogP contribution >= 0.6 is 11.6 Å². The molecule has 2 atom stereocenters. The van der Waals surface area contributed by atoms with Crippen LogP contribution in [-0.2, 0) is 4.79 Å². The molecule has 1 fully saturated rings. The van der Waals surface area contributed by atoms with E-state index in [1.54, 1.807) is 0 Å². The van der Waals surface area contributed by atoms with Crippen molar-refractivity contribution in [1.82, 2.24) is 15.0 Å². The molecular weight excluding hydrogens is 386 g/mol. The molecular formula is C23H24ClN3O2. The van der Waals surface area contributed by atoms with E-state index in [0.29, 0.717) is 23.3 Å². The molecule has 3 aromatic rings. The Balaban J connectivity index is 1.49. The first kappa shape index (κ1) is 19.6. The minimum Gasteiger partial charge on any atom is -0.341 e. The Hall–Kier alpha value is -2.66. The predicted octanol–water partition coefficient (Wildman–Crippen LogP) is 5.29. The average molecular weight is 410 g/mol. The van der Waals surface area contributed by atoms with E-state index in [9.17, 15) is 4.79 Å². The van der Waals surface area contributed by atoms with Crippen LogP contribution in [0.25, 0.3) is 11.4 Å². The second-order valence-electron chi connectivity index (χ2n) is 7.46. The van der Waals surface area contributed by atoms with E-state index >= 15 is 0 Å². The Morgan fingerprint density at radius 2 is 2.07 bits per heavy atom. The molecule has 1 aromatic heterocycles. The van der Waals surface area contributed by atoms with E-state index in [4.69, 9.17) is 16.1 Å². The molecule has 4 rings (SSSR count). The molecule has 0 spiro atoms. The van der Waals surface area contributed by atoms with Gasteiger partial charge in [-0.1, -0.05) is 66.1 Å². The van der Waals surface area contributed by atoms with Gasteiger partial charge in [0.1, 0.15) is 0 Å². The number of carbonyl (C=O) groups is 1. The maximum Gasteiger partial charge on any atom is 0.231 e. The Bertz CT molecular complexity index is 973. The lowest BCUT2D eigenvalue weighted by molar-refractivity contribution is -0.134. The Morgan fingerprint density at radius 3 is 2.83 bits per heavy atom.